The summed E-state index contributed by atoms with van der Waals surface area (Å²) in [5, 5.41) is 2.62. The molecular weight excluding hydrogens is 338 g/mol. The second kappa shape index (κ2) is 9.76. The Hall–Kier alpha value is -2.44. The van der Waals surface area contributed by atoms with E-state index in [2.05, 4.69) is 5.32 Å². The van der Waals surface area contributed by atoms with Crippen molar-refractivity contribution in [1.29, 1.82) is 0 Å². The van der Waals surface area contributed by atoms with Gasteiger partial charge < -0.3 is 14.8 Å². The minimum absolute atomic E-state index is 0.346. The Morgan fingerprint density at radius 1 is 1.20 bits per heavy atom. The fraction of sp³-hybridized carbons (Fsp3) is 0.263. The summed E-state index contributed by atoms with van der Waals surface area (Å²) in [6.45, 7) is 2.32. The van der Waals surface area contributed by atoms with Gasteiger partial charge in [-0.3, -0.25) is 4.79 Å². The average Bonchev–Trinajstić information content (AvgIpc) is 3.10. The lowest BCUT2D eigenvalue weighted by Crippen LogP contribution is -2.37. The van der Waals surface area contributed by atoms with Crippen LogP contribution in [0.25, 0.3) is 16.5 Å². The number of benzene rings is 1. The summed E-state index contributed by atoms with van der Waals surface area (Å²) in [6, 6.07) is 14.0. The van der Waals surface area contributed by atoms with Gasteiger partial charge in [0.15, 0.2) is 6.10 Å². The Labute approximate surface area is 151 Å². The number of carbonyl (C=O) groups is 2. The minimum atomic E-state index is -0.850. The molecule has 0 spiro atoms. The predicted molar refractivity (Wildman–Crippen MR) is 99.2 cm³/mol. The summed E-state index contributed by atoms with van der Waals surface area (Å²) in [5.74, 6) is -0.898. The van der Waals surface area contributed by atoms with Gasteiger partial charge >= 0.3 is 5.97 Å². The van der Waals surface area contributed by atoms with E-state index in [1.54, 1.807) is 24.5 Å². The molecule has 1 aromatic carbocycles. The molecule has 2 aromatic rings. The summed E-state index contributed by atoms with van der Waals surface area (Å²) < 4.78 is 9.92. The number of rotatable bonds is 8. The quantitative estimate of drug-likeness (QED) is 0.447. The van der Waals surface area contributed by atoms with E-state index in [1.165, 1.54) is 13.0 Å². The third kappa shape index (κ3) is 6.17. The molecule has 5 nitrogen and oxygen atoms in total. The summed E-state index contributed by atoms with van der Waals surface area (Å²) >= 11 is 1.58. The molecule has 0 aliphatic heterocycles. The Morgan fingerprint density at radius 3 is 2.68 bits per heavy atom. The summed E-state index contributed by atoms with van der Waals surface area (Å²) in [5.41, 5.74) is 1.14. The molecule has 0 saturated heterocycles. The van der Waals surface area contributed by atoms with Gasteiger partial charge in [-0.1, -0.05) is 30.3 Å². The zero-order valence-corrected chi connectivity index (χ0v) is 15.0. The Bertz CT molecular complexity index is 724. The van der Waals surface area contributed by atoms with Crippen LogP contribution in [-0.4, -0.2) is 38.2 Å². The van der Waals surface area contributed by atoms with Gasteiger partial charge in [-0.25, -0.2) is 4.79 Å². The first-order valence-corrected chi connectivity index (χ1v) is 8.72. The number of methoxy groups -OCH3 is 1. The monoisotopic (exact) mass is 359 g/mol. The highest BCUT2D eigenvalue weighted by Crippen LogP contribution is 2.28. The highest BCUT2D eigenvalue weighted by atomic mass is 32.1. The van der Waals surface area contributed by atoms with E-state index in [4.69, 9.17) is 9.47 Å². The van der Waals surface area contributed by atoms with Gasteiger partial charge in [0.2, 0.25) is 0 Å². The molecule has 0 aliphatic carbocycles. The van der Waals surface area contributed by atoms with Gasteiger partial charge in [-0.15, -0.1) is 11.3 Å². The molecule has 0 fully saturated rings. The van der Waals surface area contributed by atoms with Crippen molar-refractivity contribution in [3.05, 3.63) is 53.4 Å². The second-order valence-electron chi connectivity index (χ2n) is 5.26. The third-order valence-corrected chi connectivity index (χ3v) is 4.44. The van der Waals surface area contributed by atoms with Crippen LogP contribution in [0.1, 0.15) is 11.8 Å². The van der Waals surface area contributed by atoms with Crippen LogP contribution in [0, 0.1) is 0 Å². The number of carbonyl (C=O) groups excluding carboxylic acids is 2. The Balaban J connectivity index is 1.86. The molecule has 0 aliphatic rings. The number of nitrogens with one attached hydrogen (secondary N) is 1. The van der Waals surface area contributed by atoms with Crippen molar-refractivity contribution in [2.45, 2.75) is 13.0 Å². The Morgan fingerprint density at radius 2 is 1.96 bits per heavy atom. The van der Waals surface area contributed by atoms with E-state index < -0.39 is 12.1 Å². The first-order valence-electron chi connectivity index (χ1n) is 7.90. The molecule has 1 atom stereocenters. The van der Waals surface area contributed by atoms with Crippen LogP contribution in [0.5, 0.6) is 0 Å². The van der Waals surface area contributed by atoms with Crippen molar-refractivity contribution >= 4 is 29.3 Å². The molecule has 1 N–H and O–H groups in total. The van der Waals surface area contributed by atoms with E-state index in [9.17, 15) is 9.59 Å². The van der Waals surface area contributed by atoms with E-state index in [-0.39, 0.29) is 5.91 Å². The lowest BCUT2D eigenvalue weighted by atomic mass is 10.2. The van der Waals surface area contributed by atoms with Crippen molar-refractivity contribution in [3.63, 3.8) is 0 Å². The lowest BCUT2D eigenvalue weighted by Gasteiger charge is -2.11. The normalized spacial score (nSPS) is 12.1. The van der Waals surface area contributed by atoms with Gasteiger partial charge in [-0.05, 0) is 30.7 Å². The van der Waals surface area contributed by atoms with Gasteiger partial charge in [0.1, 0.15) is 0 Å². The number of esters is 1. The first kappa shape index (κ1) is 18.9. The van der Waals surface area contributed by atoms with E-state index in [1.807, 2.05) is 42.5 Å². The molecule has 25 heavy (non-hydrogen) atoms. The zero-order valence-electron chi connectivity index (χ0n) is 14.2. The summed E-state index contributed by atoms with van der Waals surface area (Å²) in [6.07, 6.45) is 2.17. The molecule has 132 valence electrons. The average molecular weight is 359 g/mol. The molecular formula is C19H21NO4S. The molecule has 0 saturated carbocycles. The molecule has 0 bridgehead atoms. The maximum atomic E-state index is 11.8. The second-order valence-corrected chi connectivity index (χ2v) is 6.38. The Kier molecular flexibility index (Phi) is 7.37. The third-order valence-electron chi connectivity index (χ3n) is 3.34. The van der Waals surface area contributed by atoms with Crippen molar-refractivity contribution in [2.24, 2.45) is 0 Å². The smallest absolute Gasteiger partial charge is 0.331 e. The van der Waals surface area contributed by atoms with Gasteiger partial charge in [0.05, 0.1) is 6.61 Å². The molecule has 2 rings (SSSR count). The molecule has 0 radical (unpaired) electrons. The molecule has 1 heterocycles. The van der Waals surface area contributed by atoms with Crippen LogP contribution in [-0.2, 0) is 19.1 Å². The zero-order chi connectivity index (χ0) is 18.1. The largest absolute Gasteiger partial charge is 0.449 e. The van der Waals surface area contributed by atoms with Crippen molar-refractivity contribution in [3.8, 4) is 10.4 Å². The summed E-state index contributed by atoms with van der Waals surface area (Å²) in [4.78, 5) is 25.6. The van der Waals surface area contributed by atoms with Gasteiger partial charge in [0, 0.05) is 29.5 Å². The highest BCUT2D eigenvalue weighted by Gasteiger charge is 2.15. The van der Waals surface area contributed by atoms with Crippen molar-refractivity contribution in [1.82, 2.24) is 5.32 Å². The number of hydrogen-bond donors (Lipinski definition) is 1. The maximum Gasteiger partial charge on any atom is 0.331 e. The fourth-order valence-electron chi connectivity index (χ4n) is 2.04. The standard InChI is InChI=1S/C19H21NO4S/c1-14(19(22)20-12-13-23-2)24-18(21)11-9-16-8-10-17(25-16)15-6-4-3-5-7-15/h3-11,14H,12-13H2,1-2H3,(H,20,22)/b11-9+/t14-/m0/s1. The van der Waals surface area contributed by atoms with Gasteiger partial charge in [0.25, 0.3) is 5.91 Å². The van der Waals surface area contributed by atoms with Crippen LogP contribution < -0.4 is 5.32 Å². The molecule has 1 amide bonds. The van der Waals surface area contributed by atoms with Crippen LogP contribution in [0.15, 0.2) is 48.5 Å². The van der Waals surface area contributed by atoms with Crippen LogP contribution in [0.3, 0.4) is 0 Å². The summed E-state index contributed by atoms with van der Waals surface area (Å²) in [7, 11) is 1.55. The predicted octanol–water partition coefficient (Wildman–Crippen LogP) is 3.12. The molecule has 6 heteroatoms. The minimum Gasteiger partial charge on any atom is -0.449 e. The van der Waals surface area contributed by atoms with Crippen molar-refractivity contribution < 1.29 is 19.1 Å². The molecule has 1 aromatic heterocycles. The van der Waals surface area contributed by atoms with E-state index in [0.29, 0.717) is 13.2 Å². The van der Waals surface area contributed by atoms with Crippen molar-refractivity contribution in [2.75, 3.05) is 20.3 Å². The number of ether oxygens (including phenoxy) is 2. The SMILES string of the molecule is COCCNC(=O)[C@H](C)OC(=O)/C=C/c1ccc(-c2ccccc2)s1. The number of hydrogen-bond acceptors (Lipinski definition) is 5. The molecule has 0 unspecified atom stereocenters. The van der Waals surface area contributed by atoms with Crippen LogP contribution >= 0.6 is 11.3 Å². The fourth-order valence-corrected chi connectivity index (χ4v) is 2.95. The van der Waals surface area contributed by atoms with Gasteiger partial charge in [-0.2, -0.15) is 0 Å². The lowest BCUT2D eigenvalue weighted by molar-refractivity contribution is -0.150. The first-order chi connectivity index (χ1) is 12.1. The highest BCUT2D eigenvalue weighted by molar-refractivity contribution is 7.16. The number of thiophene rings is 1. The van der Waals surface area contributed by atoms with E-state index in [0.717, 1.165) is 15.3 Å². The number of amides is 1. The van der Waals surface area contributed by atoms with Crippen LogP contribution in [0.4, 0.5) is 0 Å². The topological polar surface area (TPSA) is 64.6 Å². The van der Waals surface area contributed by atoms with Crippen LogP contribution in [0.2, 0.25) is 0 Å². The van der Waals surface area contributed by atoms with E-state index >= 15 is 0 Å². The maximum absolute atomic E-state index is 11.8.